The highest BCUT2D eigenvalue weighted by Gasteiger charge is 2.19. The minimum absolute atomic E-state index is 0. The molecule has 0 aromatic carbocycles. The number of carboxylic acid groups (broad SMARTS) is 1. The first kappa shape index (κ1) is 12.7. The standard InChI is InChI=1S/C9H17NO2.ClH/c1-7(9(11)12)6-8-2-4-10-5-3-8;/h7-8,10H,2-6H2,1H3,(H,11,12);1H/t7-;/m0./s1. The second-order valence-corrected chi connectivity index (χ2v) is 3.67. The van der Waals surface area contributed by atoms with E-state index in [-0.39, 0.29) is 18.3 Å². The van der Waals surface area contributed by atoms with Crippen LogP contribution in [0.5, 0.6) is 0 Å². The van der Waals surface area contributed by atoms with Gasteiger partial charge in [-0.3, -0.25) is 4.79 Å². The molecule has 0 aliphatic carbocycles. The quantitative estimate of drug-likeness (QED) is 0.738. The lowest BCUT2D eigenvalue weighted by atomic mass is 9.89. The van der Waals surface area contributed by atoms with Crippen LogP contribution >= 0.6 is 12.4 Å². The average Bonchev–Trinajstić information content (AvgIpc) is 2.06. The second-order valence-electron chi connectivity index (χ2n) is 3.67. The first-order valence-electron chi connectivity index (χ1n) is 4.63. The lowest BCUT2D eigenvalue weighted by Crippen LogP contribution is -2.29. The van der Waals surface area contributed by atoms with Crippen molar-refractivity contribution in [3.63, 3.8) is 0 Å². The maximum absolute atomic E-state index is 10.6. The van der Waals surface area contributed by atoms with Crippen LogP contribution in [0.4, 0.5) is 0 Å². The Morgan fingerprint density at radius 1 is 1.54 bits per heavy atom. The summed E-state index contributed by atoms with van der Waals surface area (Å²) in [5.74, 6) is -0.209. The van der Waals surface area contributed by atoms with Crippen LogP contribution < -0.4 is 5.32 Å². The predicted molar refractivity (Wildman–Crippen MR) is 54.3 cm³/mol. The number of nitrogens with one attached hydrogen (secondary N) is 1. The monoisotopic (exact) mass is 207 g/mol. The second kappa shape index (κ2) is 6.22. The van der Waals surface area contributed by atoms with E-state index in [9.17, 15) is 4.79 Å². The van der Waals surface area contributed by atoms with Gasteiger partial charge >= 0.3 is 5.97 Å². The van der Waals surface area contributed by atoms with Gasteiger partial charge in [-0.05, 0) is 38.3 Å². The summed E-state index contributed by atoms with van der Waals surface area (Å²) in [7, 11) is 0. The molecule has 0 spiro atoms. The largest absolute Gasteiger partial charge is 0.481 e. The smallest absolute Gasteiger partial charge is 0.306 e. The van der Waals surface area contributed by atoms with Gasteiger partial charge in [0.05, 0.1) is 5.92 Å². The molecule has 0 saturated carbocycles. The molecule has 0 aromatic heterocycles. The molecule has 1 aliphatic heterocycles. The fourth-order valence-corrected chi connectivity index (χ4v) is 1.72. The Labute approximate surface area is 85.3 Å². The number of carbonyl (C=O) groups is 1. The summed E-state index contributed by atoms with van der Waals surface area (Å²) >= 11 is 0. The lowest BCUT2D eigenvalue weighted by Gasteiger charge is -2.23. The number of halogens is 1. The van der Waals surface area contributed by atoms with E-state index in [0.29, 0.717) is 5.92 Å². The zero-order chi connectivity index (χ0) is 8.97. The Morgan fingerprint density at radius 2 is 2.08 bits per heavy atom. The molecule has 3 nitrogen and oxygen atoms in total. The molecule has 4 heteroatoms. The summed E-state index contributed by atoms with van der Waals surface area (Å²) < 4.78 is 0. The Hall–Kier alpha value is -0.280. The van der Waals surface area contributed by atoms with Gasteiger partial charge in [0.25, 0.3) is 0 Å². The first-order valence-corrected chi connectivity index (χ1v) is 4.63. The molecule has 1 fully saturated rings. The Balaban J connectivity index is 0.00000144. The number of piperidine rings is 1. The zero-order valence-corrected chi connectivity index (χ0v) is 8.77. The van der Waals surface area contributed by atoms with E-state index in [0.717, 1.165) is 32.4 Å². The maximum Gasteiger partial charge on any atom is 0.306 e. The van der Waals surface area contributed by atoms with Gasteiger partial charge in [0.15, 0.2) is 0 Å². The minimum atomic E-state index is -0.659. The summed E-state index contributed by atoms with van der Waals surface area (Å²) in [5, 5.41) is 12.0. The molecule has 0 bridgehead atoms. The van der Waals surface area contributed by atoms with Crippen molar-refractivity contribution in [1.29, 1.82) is 0 Å². The Bertz CT molecular complexity index is 158. The summed E-state index contributed by atoms with van der Waals surface area (Å²) in [6, 6.07) is 0. The van der Waals surface area contributed by atoms with Crippen LogP contribution in [0.1, 0.15) is 26.2 Å². The van der Waals surface area contributed by atoms with Crippen molar-refractivity contribution in [3.8, 4) is 0 Å². The highest BCUT2D eigenvalue weighted by Crippen LogP contribution is 2.20. The molecule has 0 unspecified atom stereocenters. The van der Waals surface area contributed by atoms with Crippen molar-refractivity contribution in [1.82, 2.24) is 5.32 Å². The molecule has 0 aromatic rings. The van der Waals surface area contributed by atoms with Gasteiger partial charge in [0.1, 0.15) is 0 Å². The molecule has 2 N–H and O–H groups in total. The molecular formula is C9H18ClNO2. The molecular weight excluding hydrogens is 190 g/mol. The van der Waals surface area contributed by atoms with Gasteiger partial charge in [0, 0.05) is 0 Å². The topological polar surface area (TPSA) is 49.3 Å². The molecule has 0 amide bonds. The zero-order valence-electron chi connectivity index (χ0n) is 7.95. The van der Waals surface area contributed by atoms with Crippen molar-refractivity contribution >= 4 is 18.4 Å². The molecule has 1 saturated heterocycles. The number of hydrogen-bond acceptors (Lipinski definition) is 2. The molecule has 1 rings (SSSR count). The highest BCUT2D eigenvalue weighted by molar-refractivity contribution is 5.85. The predicted octanol–water partition coefficient (Wildman–Crippen LogP) is 1.52. The van der Waals surface area contributed by atoms with Crippen LogP contribution in [-0.4, -0.2) is 24.2 Å². The van der Waals surface area contributed by atoms with Gasteiger partial charge in [-0.1, -0.05) is 6.92 Å². The third-order valence-corrected chi connectivity index (χ3v) is 2.57. The van der Waals surface area contributed by atoms with Crippen LogP contribution in [0.25, 0.3) is 0 Å². The molecule has 1 aliphatic rings. The minimum Gasteiger partial charge on any atom is -0.481 e. The molecule has 78 valence electrons. The van der Waals surface area contributed by atoms with Gasteiger partial charge in [-0.15, -0.1) is 12.4 Å². The first-order chi connectivity index (χ1) is 5.70. The molecule has 0 radical (unpaired) electrons. The highest BCUT2D eigenvalue weighted by atomic mass is 35.5. The van der Waals surface area contributed by atoms with Crippen molar-refractivity contribution in [3.05, 3.63) is 0 Å². The van der Waals surface area contributed by atoms with Crippen LogP contribution in [0.15, 0.2) is 0 Å². The van der Waals surface area contributed by atoms with Crippen molar-refractivity contribution in [2.24, 2.45) is 11.8 Å². The number of rotatable bonds is 3. The molecule has 13 heavy (non-hydrogen) atoms. The summed E-state index contributed by atoms with van der Waals surface area (Å²) in [6.07, 6.45) is 3.12. The van der Waals surface area contributed by atoms with E-state index < -0.39 is 5.97 Å². The van der Waals surface area contributed by atoms with Crippen molar-refractivity contribution < 1.29 is 9.90 Å². The van der Waals surface area contributed by atoms with Crippen LogP contribution in [0.2, 0.25) is 0 Å². The van der Waals surface area contributed by atoms with E-state index in [1.807, 2.05) is 0 Å². The lowest BCUT2D eigenvalue weighted by molar-refractivity contribution is -0.141. The number of carboxylic acids is 1. The summed E-state index contributed by atoms with van der Waals surface area (Å²) in [5.41, 5.74) is 0. The van der Waals surface area contributed by atoms with Crippen molar-refractivity contribution in [2.45, 2.75) is 26.2 Å². The van der Waals surface area contributed by atoms with Crippen LogP contribution in [0.3, 0.4) is 0 Å². The van der Waals surface area contributed by atoms with Gasteiger partial charge < -0.3 is 10.4 Å². The van der Waals surface area contributed by atoms with Gasteiger partial charge in [-0.2, -0.15) is 0 Å². The van der Waals surface area contributed by atoms with Gasteiger partial charge in [0.2, 0.25) is 0 Å². The fourth-order valence-electron chi connectivity index (χ4n) is 1.72. The fraction of sp³-hybridized carbons (Fsp3) is 0.889. The third kappa shape index (κ3) is 4.48. The molecule has 1 atom stereocenters. The van der Waals surface area contributed by atoms with Gasteiger partial charge in [-0.25, -0.2) is 0 Å². The Kier molecular flexibility index (Phi) is 6.08. The summed E-state index contributed by atoms with van der Waals surface area (Å²) in [4.78, 5) is 10.6. The van der Waals surface area contributed by atoms with E-state index in [2.05, 4.69) is 5.32 Å². The normalized spacial score (nSPS) is 20.4. The molecule has 1 heterocycles. The number of hydrogen-bond donors (Lipinski definition) is 2. The van der Waals surface area contributed by atoms with E-state index in [4.69, 9.17) is 5.11 Å². The average molecular weight is 208 g/mol. The summed E-state index contributed by atoms with van der Waals surface area (Å²) in [6.45, 7) is 3.90. The van der Waals surface area contributed by atoms with Crippen molar-refractivity contribution in [2.75, 3.05) is 13.1 Å². The maximum atomic E-state index is 10.6. The number of aliphatic carboxylic acids is 1. The van der Waals surface area contributed by atoms with E-state index in [1.54, 1.807) is 6.92 Å². The Morgan fingerprint density at radius 3 is 2.54 bits per heavy atom. The van der Waals surface area contributed by atoms with E-state index in [1.165, 1.54) is 0 Å². The van der Waals surface area contributed by atoms with E-state index >= 15 is 0 Å². The third-order valence-electron chi connectivity index (χ3n) is 2.57. The van der Waals surface area contributed by atoms with Crippen LogP contribution in [0, 0.1) is 11.8 Å². The van der Waals surface area contributed by atoms with Crippen LogP contribution in [-0.2, 0) is 4.79 Å². The SMILES string of the molecule is C[C@@H](CC1CCNCC1)C(=O)O.Cl.